The molecular weight excluding hydrogens is 528 g/mol. The third-order valence-corrected chi connectivity index (χ3v) is 6.73. The van der Waals surface area contributed by atoms with E-state index in [4.69, 9.17) is 28.4 Å². The molecule has 0 aromatic heterocycles. The van der Waals surface area contributed by atoms with E-state index >= 15 is 0 Å². The van der Waals surface area contributed by atoms with E-state index < -0.39 is 54.2 Å². The Morgan fingerprint density at radius 3 is 1.41 bits per heavy atom. The smallest absolute Gasteiger partial charge is 0.303 e. The van der Waals surface area contributed by atoms with Crippen LogP contribution in [-0.4, -0.2) is 62.3 Å². The van der Waals surface area contributed by atoms with Crippen LogP contribution in [0.4, 0.5) is 0 Å². The van der Waals surface area contributed by atoms with Gasteiger partial charge in [0.2, 0.25) is 0 Å². The Balaban J connectivity index is 1.80. The number of benzene rings is 3. The summed E-state index contributed by atoms with van der Waals surface area (Å²) < 4.78 is 35.2. The van der Waals surface area contributed by atoms with Crippen LogP contribution in [0.1, 0.15) is 37.5 Å². The summed E-state index contributed by atoms with van der Waals surface area (Å²) in [6.07, 6.45) is -5.69. The van der Waals surface area contributed by atoms with Gasteiger partial charge in [-0.15, -0.1) is 0 Å². The summed E-state index contributed by atoms with van der Waals surface area (Å²) >= 11 is 0. The van der Waals surface area contributed by atoms with Gasteiger partial charge in [-0.3, -0.25) is 14.4 Å². The monoisotopic (exact) mass is 562 g/mol. The molecule has 1 saturated heterocycles. The SMILES string of the molecule is CO[C@@H]1O[C@@H](COC(c2ccccc2)(c2ccccc2)c2ccccc2)[C@H](OC(C)=O)[C@@H](OC(C)=O)[C@@H]1OC(C)=O. The van der Waals surface area contributed by atoms with Crippen molar-refractivity contribution in [2.75, 3.05) is 13.7 Å². The third-order valence-electron chi connectivity index (χ3n) is 6.73. The lowest BCUT2D eigenvalue weighted by Gasteiger charge is -2.45. The molecule has 41 heavy (non-hydrogen) atoms. The largest absolute Gasteiger partial charge is 0.456 e. The number of hydrogen-bond donors (Lipinski definition) is 0. The van der Waals surface area contributed by atoms with Crippen molar-refractivity contribution in [3.63, 3.8) is 0 Å². The average molecular weight is 563 g/mol. The van der Waals surface area contributed by atoms with Crippen molar-refractivity contribution < 1.29 is 42.8 Å². The highest BCUT2D eigenvalue weighted by Gasteiger charge is 2.53. The molecule has 0 bridgehead atoms. The summed E-state index contributed by atoms with van der Waals surface area (Å²) in [4.78, 5) is 36.3. The number of esters is 3. The summed E-state index contributed by atoms with van der Waals surface area (Å²) in [5.41, 5.74) is 1.47. The van der Waals surface area contributed by atoms with E-state index in [2.05, 4.69) is 0 Å². The van der Waals surface area contributed by atoms with E-state index in [1.165, 1.54) is 27.9 Å². The normalized spacial score (nSPS) is 22.4. The number of rotatable bonds is 10. The number of methoxy groups -OCH3 is 1. The van der Waals surface area contributed by atoms with Gasteiger partial charge in [0, 0.05) is 27.9 Å². The summed E-state index contributed by atoms with van der Waals surface area (Å²) in [5.74, 6) is -1.95. The van der Waals surface area contributed by atoms with Crippen molar-refractivity contribution >= 4 is 17.9 Å². The van der Waals surface area contributed by atoms with Gasteiger partial charge in [-0.2, -0.15) is 0 Å². The molecule has 0 amide bonds. The molecule has 1 fully saturated rings. The summed E-state index contributed by atoms with van der Waals surface area (Å²) in [6.45, 7) is 3.53. The molecule has 0 spiro atoms. The van der Waals surface area contributed by atoms with Crippen LogP contribution in [0.5, 0.6) is 0 Å². The Morgan fingerprint density at radius 1 is 0.634 bits per heavy atom. The highest BCUT2D eigenvalue weighted by atomic mass is 16.7. The maximum atomic E-state index is 12.2. The van der Waals surface area contributed by atoms with E-state index in [0.29, 0.717) is 0 Å². The second-order valence-electron chi connectivity index (χ2n) is 9.59. The van der Waals surface area contributed by atoms with Crippen molar-refractivity contribution in [3.05, 3.63) is 108 Å². The van der Waals surface area contributed by atoms with E-state index in [9.17, 15) is 14.4 Å². The van der Waals surface area contributed by atoms with Gasteiger partial charge in [-0.1, -0.05) is 91.0 Å². The average Bonchev–Trinajstić information content (AvgIpc) is 2.97. The molecule has 1 aliphatic rings. The van der Waals surface area contributed by atoms with E-state index in [-0.39, 0.29) is 6.61 Å². The highest BCUT2D eigenvalue weighted by Crippen LogP contribution is 2.41. The minimum absolute atomic E-state index is 0.124. The van der Waals surface area contributed by atoms with Crippen LogP contribution < -0.4 is 0 Å². The fraction of sp³-hybridized carbons (Fsp3) is 0.344. The van der Waals surface area contributed by atoms with Crippen molar-refractivity contribution in [1.82, 2.24) is 0 Å². The molecule has 3 aromatic rings. The lowest BCUT2D eigenvalue weighted by Crippen LogP contribution is -2.63. The zero-order valence-electron chi connectivity index (χ0n) is 23.4. The Labute approximate surface area is 239 Å². The van der Waals surface area contributed by atoms with Crippen LogP contribution >= 0.6 is 0 Å². The first-order valence-corrected chi connectivity index (χ1v) is 13.3. The molecule has 1 heterocycles. The molecule has 0 saturated carbocycles. The fourth-order valence-corrected chi connectivity index (χ4v) is 5.15. The van der Waals surface area contributed by atoms with E-state index in [0.717, 1.165) is 16.7 Å². The molecule has 216 valence electrons. The first-order chi connectivity index (χ1) is 19.8. The molecule has 0 aliphatic carbocycles. The van der Waals surface area contributed by atoms with Crippen LogP contribution in [0, 0.1) is 0 Å². The Kier molecular flexibility index (Phi) is 9.88. The Bertz CT molecular complexity index is 1200. The molecule has 5 atom stereocenters. The minimum atomic E-state index is -1.22. The van der Waals surface area contributed by atoms with Gasteiger partial charge >= 0.3 is 17.9 Å². The van der Waals surface area contributed by atoms with Crippen molar-refractivity contribution in [1.29, 1.82) is 0 Å². The topological polar surface area (TPSA) is 107 Å². The highest BCUT2D eigenvalue weighted by molar-refractivity contribution is 5.68. The predicted molar refractivity (Wildman–Crippen MR) is 147 cm³/mol. The number of carbonyl (C=O) groups is 3. The molecule has 0 N–H and O–H groups in total. The number of carbonyl (C=O) groups excluding carboxylic acids is 3. The molecule has 1 aliphatic heterocycles. The van der Waals surface area contributed by atoms with Crippen molar-refractivity contribution in [2.24, 2.45) is 0 Å². The maximum Gasteiger partial charge on any atom is 0.303 e. The lowest BCUT2D eigenvalue weighted by molar-refractivity contribution is -0.306. The zero-order chi connectivity index (χ0) is 29.4. The van der Waals surface area contributed by atoms with Gasteiger partial charge < -0.3 is 28.4 Å². The van der Waals surface area contributed by atoms with Crippen LogP contribution in [0.2, 0.25) is 0 Å². The maximum absolute atomic E-state index is 12.2. The summed E-state index contributed by atoms with van der Waals surface area (Å²) in [6, 6.07) is 29.2. The molecule has 3 aromatic carbocycles. The quantitative estimate of drug-likeness (QED) is 0.205. The van der Waals surface area contributed by atoms with E-state index in [1.54, 1.807) is 0 Å². The molecule has 0 unspecified atom stereocenters. The number of hydrogen-bond acceptors (Lipinski definition) is 9. The van der Waals surface area contributed by atoms with Gasteiger partial charge in [0.25, 0.3) is 0 Å². The van der Waals surface area contributed by atoms with Gasteiger partial charge in [-0.25, -0.2) is 0 Å². The first kappa shape index (κ1) is 29.9. The molecule has 9 heteroatoms. The summed E-state index contributed by atoms with van der Waals surface area (Å²) in [7, 11) is 1.37. The Hall–Kier alpha value is -4.05. The third kappa shape index (κ3) is 6.82. The zero-order valence-corrected chi connectivity index (χ0v) is 23.4. The van der Waals surface area contributed by atoms with Gasteiger partial charge in [-0.05, 0) is 16.7 Å². The standard InChI is InChI=1S/C32H34O9/c1-21(33)38-28-27(41-31(36-4)30(40-23(3)35)29(28)39-22(2)34)20-37-32(24-14-8-5-9-15-24,25-16-10-6-11-17-25)26-18-12-7-13-19-26/h5-19,27-31H,20H2,1-4H3/t27-,28-,29+,30-,31+/m0/s1. The minimum Gasteiger partial charge on any atom is -0.456 e. The molecule has 9 nitrogen and oxygen atoms in total. The van der Waals surface area contributed by atoms with Crippen molar-refractivity contribution in [2.45, 2.75) is 57.1 Å². The fourth-order valence-electron chi connectivity index (χ4n) is 5.15. The van der Waals surface area contributed by atoms with Crippen LogP contribution in [0.25, 0.3) is 0 Å². The van der Waals surface area contributed by atoms with Gasteiger partial charge in [0.1, 0.15) is 11.7 Å². The summed E-state index contributed by atoms with van der Waals surface area (Å²) in [5, 5.41) is 0. The number of ether oxygens (including phenoxy) is 6. The Morgan fingerprint density at radius 2 is 1.02 bits per heavy atom. The molecule has 0 radical (unpaired) electrons. The predicted octanol–water partition coefficient (Wildman–Crippen LogP) is 4.16. The van der Waals surface area contributed by atoms with E-state index in [1.807, 2.05) is 91.0 Å². The lowest BCUT2D eigenvalue weighted by atomic mass is 9.80. The van der Waals surface area contributed by atoms with Crippen LogP contribution in [0.15, 0.2) is 91.0 Å². The van der Waals surface area contributed by atoms with Crippen molar-refractivity contribution in [3.8, 4) is 0 Å². The van der Waals surface area contributed by atoms with Crippen LogP contribution in [0.3, 0.4) is 0 Å². The first-order valence-electron chi connectivity index (χ1n) is 13.3. The second kappa shape index (κ2) is 13.5. The van der Waals surface area contributed by atoms with Gasteiger partial charge in [0.05, 0.1) is 6.61 Å². The molecule has 4 rings (SSSR count). The van der Waals surface area contributed by atoms with Gasteiger partial charge in [0.15, 0.2) is 24.6 Å². The van der Waals surface area contributed by atoms with Crippen LogP contribution in [-0.2, 0) is 48.4 Å². The molecular formula is C32H34O9. The second-order valence-corrected chi connectivity index (χ2v) is 9.59.